The number of carbonyl (C=O) groups excluding carboxylic acids is 1. The fraction of sp³-hybridized carbons (Fsp3) is 0.345. The van der Waals surface area contributed by atoms with Gasteiger partial charge in [-0.15, -0.1) is 0 Å². The molecule has 1 saturated heterocycles. The van der Waals surface area contributed by atoms with Crippen molar-refractivity contribution in [1.29, 1.82) is 0 Å². The number of ether oxygens (including phenoxy) is 3. The van der Waals surface area contributed by atoms with E-state index in [1.54, 1.807) is 7.11 Å². The van der Waals surface area contributed by atoms with E-state index >= 15 is 0 Å². The Hall–Kier alpha value is -3.51. The summed E-state index contributed by atoms with van der Waals surface area (Å²) in [5, 5.41) is 2.93. The molecule has 1 N–H and O–H groups in total. The molecule has 0 radical (unpaired) electrons. The predicted octanol–water partition coefficient (Wildman–Crippen LogP) is 4.55. The van der Waals surface area contributed by atoms with E-state index in [4.69, 9.17) is 14.2 Å². The molecular weight excluding hydrogens is 440 g/mol. The molecule has 0 spiro atoms. The molecule has 182 valence electrons. The molecule has 3 aromatic carbocycles. The average Bonchev–Trinajstić information content (AvgIpc) is 3.31. The van der Waals surface area contributed by atoms with E-state index in [0.717, 1.165) is 24.0 Å². The lowest BCUT2D eigenvalue weighted by Gasteiger charge is -2.43. The number of fused-ring (bicyclic) bond motifs is 1. The summed E-state index contributed by atoms with van der Waals surface area (Å²) in [6, 6.07) is 24.5. The van der Waals surface area contributed by atoms with Crippen LogP contribution in [0.5, 0.6) is 11.5 Å². The molecule has 1 aliphatic carbocycles. The Kier molecular flexibility index (Phi) is 6.64. The number of nitrogens with zero attached hydrogens (tertiary/aromatic N) is 1. The molecule has 1 atom stereocenters. The van der Waals surface area contributed by atoms with E-state index in [1.165, 1.54) is 11.1 Å². The van der Waals surface area contributed by atoms with Crippen molar-refractivity contribution in [2.75, 3.05) is 33.4 Å². The lowest BCUT2D eigenvalue weighted by Crippen LogP contribution is -2.54. The van der Waals surface area contributed by atoms with Crippen molar-refractivity contribution in [1.82, 2.24) is 10.2 Å². The largest absolute Gasteiger partial charge is 0.493 e. The van der Waals surface area contributed by atoms with Crippen LogP contribution >= 0.6 is 0 Å². The molecule has 3 aromatic rings. The van der Waals surface area contributed by atoms with Crippen LogP contribution in [0.4, 0.5) is 4.79 Å². The molecule has 35 heavy (non-hydrogen) atoms. The Bertz CT molecular complexity index is 1160. The summed E-state index contributed by atoms with van der Waals surface area (Å²) in [6.07, 6.45) is 1.78. The number of rotatable bonds is 6. The SMILES string of the molecule is CCNC(=O)N1CCOC(c2ccccc2)(c2ccc(OC)c(OC3Cc4ccccc4C3)c2)C1. The molecule has 1 heterocycles. The summed E-state index contributed by atoms with van der Waals surface area (Å²) in [5.74, 6) is 1.38. The van der Waals surface area contributed by atoms with Crippen LogP contribution < -0.4 is 14.8 Å². The monoisotopic (exact) mass is 472 g/mol. The minimum Gasteiger partial charge on any atom is -0.493 e. The van der Waals surface area contributed by atoms with Gasteiger partial charge in [0.25, 0.3) is 0 Å². The zero-order valence-corrected chi connectivity index (χ0v) is 20.3. The Balaban J connectivity index is 1.50. The first-order valence-corrected chi connectivity index (χ1v) is 12.3. The van der Waals surface area contributed by atoms with Gasteiger partial charge in [-0.25, -0.2) is 4.79 Å². The second-order valence-electron chi connectivity index (χ2n) is 9.08. The number of morpholine rings is 1. The van der Waals surface area contributed by atoms with Gasteiger partial charge in [0, 0.05) is 25.9 Å². The van der Waals surface area contributed by atoms with Gasteiger partial charge in [0.1, 0.15) is 11.7 Å². The van der Waals surface area contributed by atoms with E-state index in [0.29, 0.717) is 37.7 Å². The fourth-order valence-electron chi connectivity index (χ4n) is 5.18. The number of nitrogens with one attached hydrogen (secondary N) is 1. The first-order valence-electron chi connectivity index (χ1n) is 12.3. The summed E-state index contributed by atoms with van der Waals surface area (Å²) >= 11 is 0. The van der Waals surface area contributed by atoms with Gasteiger partial charge in [0.05, 0.1) is 20.3 Å². The van der Waals surface area contributed by atoms with Crippen molar-refractivity contribution in [3.63, 3.8) is 0 Å². The van der Waals surface area contributed by atoms with Crippen LogP contribution in [0, 0.1) is 0 Å². The van der Waals surface area contributed by atoms with Crippen LogP contribution in [0.2, 0.25) is 0 Å². The highest BCUT2D eigenvalue weighted by atomic mass is 16.5. The number of amides is 2. The van der Waals surface area contributed by atoms with Crippen LogP contribution in [0.1, 0.15) is 29.2 Å². The van der Waals surface area contributed by atoms with Crippen molar-refractivity contribution in [2.45, 2.75) is 31.5 Å². The minimum atomic E-state index is -0.812. The third-order valence-corrected chi connectivity index (χ3v) is 6.92. The third-order valence-electron chi connectivity index (χ3n) is 6.92. The Morgan fingerprint density at radius 3 is 2.40 bits per heavy atom. The number of methoxy groups -OCH3 is 1. The molecule has 6 nitrogen and oxygen atoms in total. The van der Waals surface area contributed by atoms with Gasteiger partial charge >= 0.3 is 6.03 Å². The van der Waals surface area contributed by atoms with Crippen molar-refractivity contribution >= 4 is 6.03 Å². The second kappa shape index (κ2) is 10.0. The Morgan fingerprint density at radius 1 is 1.00 bits per heavy atom. The van der Waals surface area contributed by atoms with Crippen molar-refractivity contribution in [3.05, 3.63) is 95.1 Å². The maximum absolute atomic E-state index is 12.8. The first kappa shape index (κ1) is 23.2. The van der Waals surface area contributed by atoms with Gasteiger partial charge in [-0.2, -0.15) is 0 Å². The van der Waals surface area contributed by atoms with Gasteiger partial charge in [-0.05, 0) is 41.3 Å². The van der Waals surface area contributed by atoms with Gasteiger partial charge in [0.15, 0.2) is 11.5 Å². The number of urea groups is 1. The smallest absolute Gasteiger partial charge is 0.317 e. The predicted molar refractivity (Wildman–Crippen MR) is 135 cm³/mol. The summed E-state index contributed by atoms with van der Waals surface area (Å²) in [5.41, 5.74) is 3.79. The molecule has 0 aromatic heterocycles. The van der Waals surface area contributed by atoms with Gasteiger partial charge in [-0.1, -0.05) is 60.7 Å². The Morgan fingerprint density at radius 2 is 1.71 bits per heavy atom. The lowest BCUT2D eigenvalue weighted by molar-refractivity contribution is -0.0756. The molecule has 6 heteroatoms. The fourth-order valence-corrected chi connectivity index (χ4v) is 5.18. The molecule has 1 aliphatic heterocycles. The highest BCUT2D eigenvalue weighted by Gasteiger charge is 2.42. The van der Waals surface area contributed by atoms with E-state index in [9.17, 15) is 4.79 Å². The van der Waals surface area contributed by atoms with Crippen LogP contribution in [-0.4, -0.2) is 50.4 Å². The van der Waals surface area contributed by atoms with Crippen molar-refractivity contribution in [3.8, 4) is 11.5 Å². The van der Waals surface area contributed by atoms with Crippen molar-refractivity contribution < 1.29 is 19.0 Å². The van der Waals surface area contributed by atoms with Crippen LogP contribution in [-0.2, 0) is 23.2 Å². The molecule has 5 rings (SSSR count). The van der Waals surface area contributed by atoms with Gasteiger partial charge in [0.2, 0.25) is 0 Å². The maximum Gasteiger partial charge on any atom is 0.317 e. The van der Waals surface area contributed by atoms with Gasteiger partial charge in [-0.3, -0.25) is 0 Å². The zero-order chi connectivity index (χ0) is 24.3. The highest BCUT2D eigenvalue weighted by molar-refractivity contribution is 5.74. The molecule has 1 unspecified atom stereocenters. The molecule has 1 fully saturated rings. The van der Waals surface area contributed by atoms with E-state index in [-0.39, 0.29) is 12.1 Å². The summed E-state index contributed by atoms with van der Waals surface area (Å²) in [4.78, 5) is 14.6. The number of hydrogen-bond donors (Lipinski definition) is 1. The van der Waals surface area contributed by atoms with Gasteiger partial charge < -0.3 is 24.4 Å². The second-order valence-corrected chi connectivity index (χ2v) is 9.08. The Labute approximate surface area is 206 Å². The number of benzene rings is 3. The quantitative estimate of drug-likeness (QED) is 0.572. The van der Waals surface area contributed by atoms with E-state index < -0.39 is 5.60 Å². The van der Waals surface area contributed by atoms with Crippen LogP contribution in [0.25, 0.3) is 0 Å². The normalized spacial score (nSPS) is 19.8. The molecule has 0 saturated carbocycles. The summed E-state index contributed by atoms with van der Waals surface area (Å²) in [6.45, 7) is 3.89. The molecule has 0 bridgehead atoms. The number of carbonyl (C=O) groups is 1. The van der Waals surface area contributed by atoms with Crippen LogP contribution in [0.3, 0.4) is 0 Å². The molecular formula is C29H32N2O4. The maximum atomic E-state index is 12.8. The third kappa shape index (κ3) is 4.58. The summed E-state index contributed by atoms with van der Waals surface area (Å²) < 4.78 is 18.7. The molecule has 2 aliphatic rings. The molecule has 2 amide bonds. The summed E-state index contributed by atoms with van der Waals surface area (Å²) in [7, 11) is 1.66. The lowest BCUT2D eigenvalue weighted by atomic mass is 9.84. The van der Waals surface area contributed by atoms with E-state index in [1.807, 2.05) is 48.2 Å². The zero-order valence-electron chi connectivity index (χ0n) is 20.3. The minimum absolute atomic E-state index is 0.0447. The van der Waals surface area contributed by atoms with Crippen molar-refractivity contribution in [2.24, 2.45) is 0 Å². The van der Waals surface area contributed by atoms with Crippen LogP contribution in [0.15, 0.2) is 72.8 Å². The average molecular weight is 473 g/mol. The standard InChI is InChI=1S/C29H32N2O4/c1-3-30-28(32)31-15-16-34-29(20-31,23-11-5-4-6-12-23)24-13-14-26(33-2)27(19-24)35-25-17-21-9-7-8-10-22(21)18-25/h4-14,19,25H,3,15-18,20H2,1-2H3,(H,30,32). The topological polar surface area (TPSA) is 60.0 Å². The van der Waals surface area contributed by atoms with E-state index in [2.05, 4.69) is 41.7 Å². The highest BCUT2D eigenvalue weighted by Crippen LogP contribution is 2.41. The first-order chi connectivity index (χ1) is 17.1. The number of hydrogen-bond acceptors (Lipinski definition) is 4.